The quantitative estimate of drug-likeness (QED) is 0.806. The molecule has 4 nitrogen and oxygen atoms in total. The Bertz CT molecular complexity index is 554. The molecule has 2 heterocycles. The molecule has 2 atom stereocenters. The van der Waals surface area contributed by atoms with Crippen LogP contribution in [0.15, 0.2) is 24.3 Å². The minimum atomic E-state index is -0.602. The highest BCUT2D eigenvalue weighted by Crippen LogP contribution is 2.44. The van der Waals surface area contributed by atoms with Crippen molar-refractivity contribution in [2.24, 2.45) is 5.41 Å². The molecule has 1 N–H and O–H groups in total. The first kappa shape index (κ1) is 19.7. The van der Waals surface area contributed by atoms with E-state index in [2.05, 4.69) is 23.6 Å². The number of aliphatic hydroxyl groups excluding tert-OH is 1. The summed E-state index contributed by atoms with van der Waals surface area (Å²) in [5, 5.41) is 10.3. The van der Waals surface area contributed by atoms with Gasteiger partial charge >= 0.3 is 0 Å². The summed E-state index contributed by atoms with van der Waals surface area (Å²) in [6.45, 7) is 10.4. The van der Waals surface area contributed by atoms with E-state index in [1.807, 2.05) is 12.1 Å². The Balaban J connectivity index is 1.39. The molecule has 2 unspecified atom stereocenters. The number of benzene rings is 1. The van der Waals surface area contributed by atoms with E-state index < -0.39 is 6.29 Å². The van der Waals surface area contributed by atoms with Gasteiger partial charge < -0.3 is 14.7 Å². The van der Waals surface area contributed by atoms with Gasteiger partial charge in [0.05, 0.1) is 6.10 Å². The molecule has 1 aromatic carbocycles. The highest BCUT2D eigenvalue weighted by atomic mass is 19.1. The van der Waals surface area contributed by atoms with Crippen LogP contribution in [-0.2, 0) is 11.3 Å². The van der Waals surface area contributed by atoms with Crippen LogP contribution in [0, 0.1) is 11.2 Å². The number of ether oxygens (including phenoxy) is 1. The summed E-state index contributed by atoms with van der Waals surface area (Å²) < 4.78 is 18.8. The van der Waals surface area contributed by atoms with Gasteiger partial charge in [0.2, 0.25) is 0 Å². The van der Waals surface area contributed by atoms with E-state index in [1.54, 1.807) is 0 Å². The van der Waals surface area contributed by atoms with Crippen LogP contribution in [0.5, 0.6) is 0 Å². The molecule has 2 aliphatic rings. The standard InChI is InChI=1S/C21H33FN2O2/c1-3-21(4-2)15-19(26-20(21)25)9-10-23-11-13-24(14-12-23)16-17-5-7-18(22)8-6-17/h5-8,19-20,25H,3-4,9-16H2,1-2H3. The van der Waals surface area contributed by atoms with E-state index in [9.17, 15) is 9.50 Å². The zero-order chi connectivity index (χ0) is 18.6. The Morgan fingerprint density at radius 2 is 1.69 bits per heavy atom. The molecule has 1 aromatic rings. The molecule has 0 aliphatic carbocycles. The molecule has 2 saturated heterocycles. The van der Waals surface area contributed by atoms with Crippen molar-refractivity contribution in [3.8, 4) is 0 Å². The molecule has 3 rings (SSSR count). The summed E-state index contributed by atoms with van der Waals surface area (Å²) in [6, 6.07) is 6.82. The lowest BCUT2D eigenvalue weighted by Crippen LogP contribution is -2.46. The fourth-order valence-corrected chi connectivity index (χ4v) is 4.33. The third kappa shape index (κ3) is 4.63. The second-order valence-corrected chi connectivity index (χ2v) is 7.92. The summed E-state index contributed by atoms with van der Waals surface area (Å²) in [4.78, 5) is 4.92. The number of hydrogen-bond donors (Lipinski definition) is 1. The minimum Gasteiger partial charge on any atom is -0.367 e. The van der Waals surface area contributed by atoms with Crippen LogP contribution >= 0.6 is 0 Å². The maximum absolute atomic E-state index is 13.0. The fraction of sp³-hybridized carbons (Fsp3) is 0.714. The summed E-state index contributed by atoms with van der Waals surface area (Å²) >= 11 is 0. The lowest BCUT2D eigenvalue weighted by atomic mass is 9.78. The first-order valence-corrected chi connectivity index (χ1v) is 10.1. The summed E-state index contributed by atoms with van der Waals surface area (Å²) in [7, 11) is 0. The van der Waals surface area contributed by atoms with Gasteiger partial charge in [0.1, 0.15) is 5.82 Å². The Morgan fingerprint density at radius 3 is 2.27 bits per heavy atom. The highest BCUT2D eigenvalue weighted by Gasteiger charge is 2.45. The monoisotopic (exact) mass is 364 g/mol. The molecule has 0 spiro atoms. The number of piperazine rings is 1. The Kier molecular flexibility index (Phi) is 6.67. The third-order valence-electron chi connectivity index (χ3n) is 6.44. The SMILES string of the molecule is CCC1(CC)CC(CCN2CCN(Cc3ccc(F)cc3)CC2)OC1O. The predicted octanol–water partition coefficient (Wildman–Crippen LogP) is 3.25. The average molecular weight is 365 g/mol. The zero-order valence-electron chi connectivity index (χ0n) is 16.2. The second kappa shape index (κ2) is 8.79. The van der Waals surface area contributed by atoms with Crippen molar-refractivity contribution < 1.29 is 14.2 Å². The topological polar surface area (TPSA) is 35.9 Å². The van der Waals surface area contributed by atoms with E-state index in [-0.39, 0.29) is 17.3 Å². The maximum atomic E-state index is 13.0. The minimum absolute atomic E-state index is 0.0431. The van der Waals surface area contributed by atoms with E-state index in [0.29, 0.717) is 0 Å². The Hall–Kier alpha value is -1.01. The van der Waals surface area contributed by atoms with Crippen molar-refractivity contribution in [3.05, 3.63) is 35.6 Å². The summed E-state index contributed by atoms with van der Waals surface area (Å²) in [5.41, 5.74) is 1.13. The van der Waals surface area contributed by atoms with Crippen molar-refractivity contribution in [1.82, 2.24) is 9.80 Å². The van der Waals surface area contributed by atoms with Crippen LogP contribution in [0.1, 0.15) is 45.1 Å². The van der Waals surface area contributed by atoms with Crippen LogP contribution in [-0.4, -0.2) is 60.0 Å². The number of hydrogen-bond acceptors (Lipinski definition) is 4. The lowest BCUT2D eigenvalue weighted by molar-refractivity contribution is -0.139. The van der Waals surface area contributed by atoms with E-state index in [4.69, 9.17) is 4.74 Å². The molecule has 0 aromatic heterocycles. The van der Waals surface area contributed by atoms with Gasteiger partial charge in [-0.3, -0.25) is 4.90 Å². The molecule has 0 saturated carbocycles. The van der Waals surface area contributed by atoms with Gasteiger partial charge in [-0.15, -0.1) is 0 Å². The van der Waals surface area contributed by atoms with Gasteiger partial charge in [0, 0.05) is 44.7 Å². The van der Waals surface area contributed by atoms with Gasteiger partial charge in [0.25, 0.3) is 0 Å². The first-order valence-electron chi connectivity index (χ1n) is 10.1. The van der Waals surface area contributed by atoms with Crippen LogP contribution < -0.4 is 0 Å². The Labute approximate surface area is 156 Å². The van der Waals surface area contributed by atoms with Crippen molar-refractivity contribution in [1.29, 1.82) is 0 Å². The van der Waals surface area contributed by atoms with E-state index >= 15 is 0 Å². The molecule has 2 aliphatic heterocycles. The highest BCUT2D eigenvalue weighted by molar-refractivity contribution is 5.15. The van der Waals surface area contributed by atoms with E-state index in [1.165, 1.54) is 17.7 Å². The van der Waals surface area contributed by atoms with Crippen LogP contribution in [0.4, 0.5) is 4.39 Å². The smallest absolute Gasteiger partial charge is 0.160 e. The molecule has 26 heavy (non-hydrogen) atoms. The number of halogens is 1. The first-order chi connectivity index (χ1) is 12.5. The van der Waals surface area contributed by atoms with Crippen molar-refractivity contribution in [2.75, 3.05) is 32.7 Å². The van der Waals surface area contributed by atoms with Crippen molar-refractivity contribution in [2.45, 2.75) is 58.5 Å². The molecule has 0 bridgehead atoms. The molecular weight excluding hydrogens is 331 g/mol. The van der Waals surface area contributed by atoms with Crippen LogP contribution in [0.25, 0.3) is 0 Å². The molecule has 0 amide bonds. The van der Waals surface area contributed by atoms with Gasteiger partial charge in [-0.1, -0.05) is 26.0 Å². The normalized spacial score (nSPS) is 27.1. The van der Waals surface area contributed by atoms with Crippen LogP contribution in [0.3, 0.4) is 0 Å². The summed E-state index contributed by atoms with van der Waals surface area (Å²) in [6.07, 6.45) is 3.51. The molecule has 146 valence electrons. The second-order valence-electron chi connectivity index (χ2n) is 7.92. The maximum Gasteiger partial charge on any atom is 0.160 e. The fourth-order valence-electron chi connectivity index (χ4n) is 4.33. The van der Waals surface area contributed by atoms with Crippen molar-refractivity contribution in [3.63, 3.8) is 0 Å². The third-order valence-corrected chi connectivity index (χ3v) is 6.44. The molecular formula is C21H33FN2O2. The molecule has 5 heteroatoms. The molecule has 2 fully saturated rings. The summed E-state index contributed by atoms with van der Waals surface area (Å²) in [5.74, 6) is -0.173. The Morgan fingerprint density at radius 1 is 1.08 bits per heavy atom. The lowest BCUT2D eigenvalue weighted by Gasteiger charge is -2.35. The predicted molar refractivity (Wildman–Crippen MR) is 101 cm³/mol. The number of rotatable bonds is 7. The van der Waals surface area contributed by atoms with E-state index in [0.717, 1.165) is 65.0 Å². The number of nitrogens with zero attached hydrogens (tertiary/aromatic N) is 2. The average Bonchev–Trinajstić information content (AvgIpc) is 2.99. The molecule has 0 radical (unpaired) electrons. The van der Waals surface area contributed by atoms with Gasteiger partial charge in [-0.25, -0.2) is 4.39 Å². The van der Waals surface area contributed by atoms with Crippen molar-refractivity contribution >= 4 is 0 Å². The van der Waals surface area contributed by atoms with Gasteiger partial charge in [-0.05, 0) is 43.4 Å². The van der Waals surface area contributed by atoms with Gasteiger partial charge in [-0.2, -0.15) is 0 Å². The van der Waals surface area contributed by atoms with Crippen LogP contribution in [0.2, 0.25) is 0 Å². The zero-order valence-corrected chi connectivity index (χ0v) is 16.2. The van der Waals surface area contributed by atoms with Gasteiger partial charge in [0.15, 0.2) is 6.29 Å². The largest absolute Gasteiger partial charge is 0.367 e. The number of aliphatic hydroxyl groups is 1.